The summed E-state index contributed by atoms with van der Waals surface area (Å²) < 4.78 is 14.4. The zero-order valence-electron chi connectivity index (χ0n) is 14.1. The average Bonchev–Trinajstić information content (AvgIpc) is 2.76. The van der Waals surface area contributed by atoms with Gasteiger partial charge in [-0.2, -0.15) is 0 Å². The van der Waals surface area contributed by atoms with Crippen LogP contribution >= 0.6 is 22.6 Å². The molecule has 23 heavy (non-hydrogen) atoms. The third-order valence-corrected chi connectivity index (χ3v) is 9.80. The van der Waals surface area contributed by atoms with Crippen LogP contribution in [0.4, 0.5) is 0 Å². The molecule has 0 fully saturated rings. The molecule has 0 saturated heterocycles. The molecule has 0 bridgehead atoms. The molecule has 8 heteroatoms. The lowest BCUT2D eigenvalue weighted by molar-refractivity contribution is -0.00845. The molecule has 0 amide bonds. The number of hydrogen-bond donors (Lipinski definition) is 1. The first-order valence-corrected chi connectivity index (χ1v) is 11.5. The Hall–Kier alpha value is -0.713. The normalized spacial score (nSPS) is 22.3. The van der Waals surface area contributed by atoms with E-state index >= 15 is 0 Å². The SMILES string of the molecule is CC(C)(C)[Si](C)(C)OC[C@@H]1C=C(I)[C@H](n2ccc(=O)[nH]c2=O)O1. The van der Waals surface area contributed by atoms with Crippen LogP contribution in [0.1, 0.15) is 27.0 Å². The fraction of sp³-hybridized carbons (Fsp3) is 0.600. The van der Waals surface area contributed by atoms with Crippen molar-refractivity contribution in [2.45, 2.75) is 51.2 Å². The van der Waals surface area contributed by atoms with Crippen LogP contribution in [0.15, 0.2) is 31.5 Å². The minimum Gasteiger partial charge on any atom is -0.414 e. The Balaban J connectivity index is 2.08. The van der Waals surface area contributed by atoms with Crippen molar-refractivity contribution < 1.29 is 9.16 Å². The molecule has 0 unspecified atom stereocenters. The van der Waals surface area contributed by atoms with Crippen molar-refractivity contribution in [2.24, 2.45) is 0 Å². The van der Waals surface area contributed by atoms with Gasteiger partial charge >= 0.3 is 5.69 Å². The number of nitrogens with zero attached hydrogens (tertiary/aromatic N) is 1. The van der Waals surface area contributed by atoms with E-state index in [9.17, 15) is 9.59 Å². The molecule has 0 saturated carbocycles. The number of aromatic nitrogens is 2. The first-order chi connectivity index (χ1) is 10.5. The first kappa shape index (κ1) is 18.6. The minimum absolute atomic E-state index is 0.137. The highest BCUT2D eigenvalue weighted by atomic mass is 127. The van der Waals surface area contributed by atoms with Gasteiger partial charge in [0, 0.05) is 15.8 Å². The van der Waals surface area contributed by atoms with Crippen molar-refractivity contribution >= 4 is 30.9 Å². The number of rotatable bonds is 4. The molecule has 1 aromatic rings. The molecule has 1 aromatic heterocycles. The van der Waals surface area contributed by atoms with Crippen molar-refractivity contribution in [3.8, 4) is 0 Å². The van der Waals surface area contributed by atoms with E-state index in [1.807, 2.05) is 6.08 Å². The zero-order chi connectivity index (χ0) is 17.4. The first-order valence-electron chi connectivity index (χ1n) is 7.49. The van der Waals surface area contributed by atoms with Crippen molar-refractivity contribution in [1.82, 2.24) is 9.55 Å². The highest BCUT2D eigenvalue weighted by Gasteiger charge is 2.38. The number of H-pyrrole nitrogens is 1. The zero-order valence-corrected chi connectivity index (χ0v) is 17.2. The van der Waals surface area contributed by atoms with Gasteiger partial charge in [0.05, 0.1) is 6.61 Å². The predicted octanol–water partition coefficient (Wildman–Crippen LogP) is 2.77. The second kappa shape index (κ2) is 6.65. The van der Waals surface area contributed by atoms with E-state index in [1.54, 1.807) is 0 Å². The van der Waals surface area contributed by atoms with Crippen molar-refractivity contribution in [3.63, 3.8) is 0 Å². The molecule has 0 spiro atoms. The van der Waals surface area contributed by atoms with Crippen LogP contribution in [0.3, 0.4) is 0 Å². The van der Waals surface area contributed by atoms with Crippen LogP contribution in [0, 0.1) is 0 Å². The van der Waals surface area contributed by atoms with Gasteiger partial charge in [0.25, 0.3) is 5.56 Å². The summed E-state index contributed by atoms with van der Waals surface area (Å²) in [5.74, 6) is 0. The maximum absolute atomic E-state index is 11.9. The Labute approximate surface area is 150 Å². The lowest BCUT2D eigenvalue weighted by Crippen LogP contribution is -2.42. The molecule has 6 nitrogen and oxygen atoms in total. The summed E-state index contributed by atoms with van der Waals surface area (Å²) in [4.78, 5) is 25.3. The summed E-state index contributed by atoms with van der Waals surface area (Å²) in [6.07, 6.45) is 2.72. The Morgan fingerprint density at radius 3 is 2.61 bits per heavy atom. The summed E-state index contributed by atoms with van der Waals surface area (Å²) in [5.41, 5.74) is -0.892. The molecule has 1 N–H and O–H groups in total. The Morgan fingerprint density at radius 1 is 1.39 bits per heavy atom. The molecule has 0 aromatic carbocycles. The van der Waals surface area contributed by atoms with Gasteiger partial charge in [0.1, 0.15) is 6.10 Å². The Morgan fingerprint density at radius 2 is 2.04 bits per heavy atom. The highest BCUT2D eigenvalue weighted by molar-refractivity contribution is 14.1. The Bertz CT molecular complexity index is 717. The second-order valence-electron chi connectivity index (χ2n) is 7.17. The fourth-order valence-electron chi connectivity index (χ4n) is 1.93. The number of nitrogens with one attached hydrogen (secondary N) is 1. The molecule has 0 aliphatic carbocycles. The number of hydrogen-bond acceptors (Lipinski definition) is 4. The van der Waals surface area contributed by atoms with E-state index in [0.29, 0.717) is 6.61 Å². The maximum Gasteiger partial charge on any atom is 0.330 e. The van der Waals surface area contributed by atoms with Gasteiger partial charge in [0.15, 0.2) is 14.5 Å². The van der Waals surface area contributed by atoms with E-state index in [0.717, 1.165) is 3.58 Å². The summed E-state index contributed by atoms with van der Waals surface area (Å²) in [7, 11) is -1.84. The summed E-state index contributed by atoms with van der Waals surface area (Å²) >= 11 is 2.15. The molecule has 2 rings (SSSR count). The monoisotopic (exact) mass is 450 g/mol. The summed E-state index contributed by atoms with van der Waals surface area (Å²) in [5, 5.41) is 0.137. The number of aromatic amines is 1. The second-order valence-corrected chi connectivity index (χ2v) is 13.2. The number of ether oxygens (including phenoxy) is 1. The lowest BCUT2D eigenvalue weighted by atomic mass is 10.2. The largest absolute Gasteiger partial charge is 0.414 e. The molecule has 1 aliphatic heterocycles. The molecule has 128 valence electrons. The third kappa shape index (κ3) is 4.23. The topological polar surface area (TPSA) is 73.3 Å². The highest BCUT2D eigenvalue weighted by Crippen LogP contribution is 2.38. The molecule has 2 heterocycles. The standard InChI is InChI=1S/C15H23IN2O4Si/c1-15(2,3)23(4,5)21-9-10-8-11(16)13(22-10)18-7-6-12(19)17-14(18)20/h6-8,10,13H,9H2,1-5H3,(H,17,19,20)/t10-,13+/m0/s1. The van der Waals surface area contributed by atoms with Gasteiger partial charge in [-0.25, -0.2) is 4.79 Å². The minimum atomic E-state index is -1.84. The van der Waals surface area contributed by atoms with Gasteiger partial charge in [0.2, 0.25) is 0 Å². The molecular formula is C15H23IN2O4Si. The smallest absolute Gasteiger partial charge is 0.330 e. The van der Waals surface area contributed by atoms with Crippen LogP contribution in [0.2, 0.25) is 18.1 Å². The molecule has 0 radical (unpaired) electrons. The van der Waals surface area contributed by atoms with Gasteiger partial charge < -0.3 is 9.16 Å². The predicted molar refractivity (Wildman–Crippen MR) is 100 cm³/mol. The average molecular weight is 450 g/mol. The van der Waals surface area contributed by atoms with E-state index in [4.69, 9.17) is 9.16 Å². The van der Waals surface area contributed by atoms with Gasteiger partial charge in [-0.05, 0) is 46.8 Å². The van der Waals surface area contributed by atoms with Crippen LogP contribution in [0.5, 0.6) is 0 Å². The fourth-order valence-corrected chi connectivity index (χ4v) is 3.80. The van der Waals surface area contributed by atoms with Crippen LogP contribution in [-0.4, -0.2) is 30.6 Å². The van der Waals surface area contributed by atoms with Gasteiger partial charge in [-0.1, -0.05) is 20.8 Å². The lowest BCUT2D eigenvalue weighted by Gasteiger charge is -2.36. The van der Waals surface area contributed by atoms with E-state index in [-0.39, 0.29) is 11.1 Å². The van der Waals surface area contributed by atoms with Crippen molar-refractivity contribution in [1.29, 1.82) is 0 Å². The van der Waals surface area contributed by atoms with Gasteiger partial charge in [-0.3, -0.25) is 14.3 Å². The van der Waals surface area contributed by atoms with Crippen molar-refractivity contribution in [2.75, 3.05) is 6.61 Å². The molecule has 2 atom stereocenters. The third-order valence-electron chi connectivity index (χ3n) is 4.40. The Kier molecular flexibility index (Phi) is 5.39. The molecule has 1 aliphatic rings. The quantitative estimate of drug-likeness (QED) is 0.566. The van der Waals surface area contributed by atoms with Crippen LogP contribution in [-0.2, 0) is 9.16 Å². The van der Waals surface area contributed by atoms with Crippen LogP contribution in [0.25, 0.3) is 0 Å². The van der Waals surface area contributed by atoms with Crippen molar-refractivity contribution in [3.05, 3.63) is 42.8 Å². The van der Waals surface area contributed by atoms with E-state index in [1.165, 1.54) is 16.8 Å². The van der Waals surface area contributed by atoms with Crippen LogP contribution < -0.4 is 11.2 Å². The van der Waals surface area contributed by atoms with E-state index in [2.05, 4.69) is 61.4 Å². The summed E-state index contributed by atoms with van der Waals surface area (Å²) in [6.45, 7) is 11.4. The van der Waals surface area contributed by atoms with E-state index < -0.39 is 25.8 Å². The van der Waals surface area contributed by atoms with Gasteiger partial charge in [-0.15, -0.1) is 0 Å². The number of halogens is 1. The molecular weight excluding hydrogens is 427 g/mol. The maximum atomic E-state index is 11.9. The summed E-state index contributed by atoms with van der Waals surface area (Å²) in [6, 6.07) is 1.31.